The lowest BCUT2D eigenvalue weighted by molar-refractivity contribution is 0.178. The molecule has 2 N–H and O–H groups in total. The summed E-state index contributed by atoms with van der Waals surface area (Å²) in [5.41, 5.74) is 2.92. The Balaban J connectivity index is 2.09. The Hall–Kier alpha value is -1.73. The van der Waals surface area contributed by atoms with Gasteiger partial charge in [-0.2, -0.15) is 0 Å². The average molecular weight is 307 g/mol. The lowest BCUT2D eigenvalue weighted by Crippen LogP contribution is -2.09. The van der Waals surface area contributed by atoms with E-state index in [2.05, 4.69) is 32.5 Å². The van der Waals surface area contributed by atoms with Crippen molar-refractivity contribution in [2.45, 2.75) is 33.4 Å². The minimum Gasteiger partial charge on any atom is -0.377 e. The zero-order chi connectivity index (χ0) is 15.1. The molecule has 0 radical (unpaired) electrons. The molecule has 2 aromatic rings. The zero-order valence-electron chi connectivity index (χ0n) is 12.6. The van der Waals surface area contributed by atoms with Crippen molar-refractivity contribution >= 4 is 23.0 Å². The van der Waals surface area contributed by atoms with Gasteiger partial charge in [-0.3, -0.25) is 0 Å². The monoisotopic (exact) mass is 307 g/mol. The van der Waals surface area contributed by atoms with Crippen LogP contribution in [0.4, 0.5) is 11.6 Å². The molecule has 0 aliphatic carbocycles. The Kier molecular flexibility index (Phi) is 5.89. The number of anilines is 2. The number of ether oxygens (including phenoxy) is 1. The molecule has 114 valence electrons. The summed E-state index contributed by atoms with van der Waals surface area (Å²) < 4.78 is 5.12. The van der Waals surface area contributed by atoms with Gasteiger partial charge in [0.1, 0.15) is 18.2 Å². The van der Waals surface area contributed by atoms with Crippen molar-refractivity contribution in [1.29, 1.82) is 0 Å². The molecule has 0 aromatic carbocycles. The zero-order valence-corrected chi connectivity index (χ0v) is 13.5. The number of methoxy groups -OCH3 is 1. The van der Waals surface area contributed by atoms with Crippen LogP contribution >= 0.6 is 11.3 Å². The molecule has 0 bridgehead atoms. The van der Waals surface area contributed by atoms with Gasteiger partial charge in [0, 0.05) is 24.6 Å². The molecule has 0 atom stereocenters. The molecule has 0 amide bonds. The second-order valence-corrected chi connectivity index (χ2v) is 5.57. The highest BCUT2D eigenvalue weighted by molar-refractivity contribution is 7.09. The second-order valence-electron chi connectivity index (χ2n) is 4.63. The molecule has 0 aliphatic heterocycles. The van der Waals surface area contributed by atoms with Crippen molar-refractivity contribution in [2.75, 3.05) is 24.3 Å². The molecule has 0 unspecified atom stereocenters. The summed E-state index contributed by atoms with van der Waals surface area (Å²) >= 11 is 1.64. The van der Waals surface area contributed by atoms with Gasteiger partial charge in [0.05, 0.1) is 17.7 Å². The molecule has 2 aromatic heterocycles. The van der Waals surface area contributed by atoms with E-state index in [9.17, 15) is 0 Å². The Morgan fingerprint density at radius 3 is 2.62 bits per heavy atom. The van der Waals surface area contributed by atoms with Crippen molar-refractivity contribution in [3.8, 4) is 0 Å². The summed E-state index contributed by atoms with van der Waals surface area (Å²) in [7, 11) is 1.64. The van der Waals surface area contributed by atoms with Crippen molar-refractivity contribution in [3.63, 3.8) is 0 Å². The molecule has 6 nitrogen and oxygen atoms in total. The number of hydrogen-bond acceptors (Lipinski definition) is 7. The van der Waals surface area contributed by atoms with E-state index in [-0.39, 0.29) is 0 Å². The average Bonchev–Trinajstić information content (AvgIpc) is 2.88. The van der Waals surface area contributed by atoms with E-state index in [1.54, 1.807) is 18.4 Å². The fraction of sp³-hybridized carbons (Fsp3) is 0.500. The topological polar surface area (TPSA) is 72.0 Å². The highest BCUT2D eigenvalue weighted by Crippen LogP contribution is 2.16. The number of rotatable bonds is 8. The van der Waals surface area contributed by atoms with Crippen molar-refractivity contribution in [2.24, 2.45) is 0 Å². The van der Waals surface area contributed by atoms with Crippen molar-refractivity contribution in [1.82, 2.24) is 15.0 Å². The molecular weight excluding hydrogens is 286 g/mol. The number of thiazole rings is 1. The Morgan fingerprint density at radius 2 is 2.00 bits per heavy atom. The van der Waals surface area contributed by atoms with Crippen LogP contribution in [0.2, 0.25) is 0 Å². The van der Waals surface area contributed by atoms with Crippen LogP contribution < -0.4 is 10.6 Å². The van der Waals surface area contributed by atoms with Crippen LogP contribution in [0.15, 0.2) is 11.6 Å². The first-order valence-corrected chi connectivity index (χ1v) is 7.84. The van der Waals surface area contributed by atoms with Crippen molar-refractivity contribution < 1.29 is 4.74 Å². The van der Waals surface area contributed by atoms with Gasteiger partial charge in [0.2, 0.25) is 0 Å². The normalized spacial score (nSPS) is 10.6. The summed E-state index contributed by atoms with van der Waals surface area (Å²) in [6.07, 6.45) is 1.05. The Labute approximate surface area is 129 Å². The summed E-state index contributed by atoms with van der Waals surface area (Å²) in [6, 6.07) is 1.92. The number of aryl methyl sites for hydroxylation is 1. The predicted molar refractivity (Wildman–Crippen MR) is 85.7 cm³/mol. The maximum Gasteiger partial charge on any atom is 0.158 e. The SMILES string of the molecule is CCCNc1cc(NCc2scnc2C)nc(COC)n1. The fourth-order valence-corrected chi connectivity index (χ4v) is 2.51. The first-order valence-electron chi connectivity index (χ1n) is 6.96. The van der Waals surface area contributed by atoms with Gasteiger partial charge < -0.3 is 15.4 Å². The van der Waals surface area contributed by atoms with Crippen LogP contribution in [0.3, 0.4) is 0 Å². The molecule has 21 heavy (non-hydrogen) atoms. The van der Waals surface area contributed by atoms with Crippen LogP contribution in [-0.4, -0.2) is 28.6 Å². The van der Waals surface area contributed by atoms with E-state index in [1.165, 1.54) is 4.88 Å². The van der Waals surface area contributed by atoms with Crippen LogP contribution in [0.25, 0.3) is 0 Å². The molecule has 2 heterocycles. The van der Waals surface area contributed by atoms with E-state index in [0.717, 1.165) is 30.3 Å². The van der Waals surface area contributed by atoms with Crippen molar-refractivity contribution in [3.05, 3.63) is 28.0 Å². The number of nitrogens with one attached hydrogen (secondary N) is 2. The molecule has 7 heteroatoms. The number of nitrogens with zero attached hydrogens (tertiary/aromatic N) is 3. The number of hydrogen-bond donors (Lipinski definition) is 2. The van der Waals surface area contributed by atoms with Gasteiger partial charge in [-0.1, -0.05) is 6.92 Å². The summed E-state index contributed by atoms with van der Waals surface area (Å²) in [4.78, 5) is 14.3. The lowest BCUT2D eigenvalue weighted by atomic mass is 10.4. The Bertz CT molecular complexity index is 572. The third kappa shape index (κ3) is 4.64. The molecule has 0 fully saturated rings. The maximum atomic E-state index is 5.12. The summed E-state index contributed by atoms with van der Waals surface area (Å²) in [6.45, 7) is 6.13. The van der Waals surface area contributed by atoms with Crippen LogP contribution in [0, 0.1) is 6.92 Å². The first-order chi connectivity index (χ1) is 10.2. The maximum absolute atomic E-state index is 5.12. The van der Waals surface area contributed by atoms with Crippen LogP contribution in [0.1, 0.15) is 29.7 Å². The van der Waals surface area contributed by atoms with E-state index < -0.39 is 0 Å². The predicted octanol–water partition coefficient (Wildman–Crippen LogP) is 2.82. The fourth-order valence-electron chi connectivity index (χ4n) is 1.79. The van der Waals surface area contributed by atoms with E-state index in [4.69, 9.17) is 4.74 Å². The van der Waals surface area contributed by atoms with Gasteiger partial charge in [-0.15, -0.1) is 11.3 Å². The van der Waals surface area contributed by atoms with Crippen LogP contribution in [0.5, 0.6) is 0 Å². The quantitative estimate of drug-likeness (QED) is 0.781. The molecule has 0 saturated heterocycles. The van der Waals surface area contributed by atoms with Crippen LogP contribution in [-0.2, 0) is 17.9 Å². The minimum absolute atomic E-state index is 0.399. The molecular formula is C14H21N5OS. The van der Waals surface area contributed by atoms with Gasteiger partial charge in [-0.25, -0.2) is 15.0 Å². The van der Waals surface area contributed by atoms with E-state index in [1.807, 2.05) is 18.5 Å². The molecule has 0 saturated carbocycles. The standard InChI is InChI=1S/C14H21N5OS/c1-4-5-15-12-6-13(19-14(18-12)8-20-3)16-7-11-10(2)17-9-21-11/h6,9H,4-5,7-8H2,1-3H3,(H2,15,16,18,19). The summed E-state index contributed by atoms with van der Waals surface area (Å²) in [5.74, 6) is 2.29. The highest BCUT2D eigenvalue weighted by atomic mass is 32.1. The molecule has 0 aliphatic rings. The van der Waals surface area contributed by atoms with Gasteiger partial charge in [0.15, 0.2) is 5.82 Å². The minimum atomic E-state index is 0.399. The largest absolute Gasteiger partial charge is 0.377 e. The highest BCUT2D eigenvalue weighted by Gasteiger charge is 2.06. The molecule has 0 spiro atoms. The molecule has 2 rings (SSSR count). The summed E-state index contributed by atoms with van der Waals surface area (Å²) in [5, 5.41) is 6.61. The Morgan fingerprint density at radius 1 is 1.24 bits per heavy atom. The van der Waals surface area contributed by atoms with Gasteiger partial charge in [-0.05, 0) is 13.3 Å². The smallest absolute Gasteiger partial charge is 0.158 e. The first kappa shape index (κ1) is 15.7. The third-order valence-corrected chi connectivity index (χ3v) is 3.81. The third-order valence-electron chi connectivity index (χ3n) is 2.88. The second kappa shape index (κ2) is 7.90. The van der Waals surface area contributed by atoms with E-state index >= 15 is 0 Å². The van der Waals surface area contributed by atoms with Gasteiger partial charge in [0.25, 0.3) is 0 Å². The van der Waals surface area contributed by atoms with E-state index in [0.29, 0.717) is 19.0 Å². The number of aromatic nitrogens is 3. The van der Waals surface area contributed by atoms with Gasteiger partial charge >= 0.3 is 0 Å². The lowest BCUT2D eigenvalue weighted by Gasteiger charge is -2.10.